The molecule has 1 aliphatic rings. The fourth-order valence-corrected chi connectivity index (χ4v) is 3.87. The minimum atomic E-state index is -1.12. The molecule has 162 valence electrons. The molecule has 1 aromatic carbocycles. The van der Waals surface area contributed by atoms with Gasteiger partial charge in [0.05, 0.1) is 24.2 Å². The van der Waals surface area contributed by atoms with E-state index in [0.29, 0.717) is 11.3 Å². The largest absolute Gasteiger partial charge is 0.497 e. The Balaban J connectivity index is 2.24. The van der Waals surface area contributed by atoms with Gasteiger partial charge in [0.15, 0.2) is 0 Å². The van der Waals surface area contributed by atoms with E-state index in [4.69, 9.17) is 9.47 Å². The maximum atomic E-state index is 13.2. The summed E-state index contributed by atoms with van der Waals surface area (Å²) >= 11 is 0. The Kier molecular flexibility index (Phi) is 4.42. The van der Waals surface area contributed by atoms with Crippen LogP contribution in [0.3, 0.4) is 0 Å². The molecule has 0 fully saturated rings. The van der Waals surface area contributed by atoms with Crippen molar-refractivity contribution < 1.29 is 14.6 Å². The molecule has 0 aliphatic carbocycles. The van der Waals surface area contributed by atoms with Gasteiger partial charge in [0.1, 0.15) is 11.5 Å². The van der Waals surface area contributed by atoms with Crippen molar-refractivity contribution in [1.82, 2.24) is 18.3 Å². The second-order valence-electron chi connectivity index (χ2n) is 7.31. The first kappa shape index (κ1) is 20.3. The molecule has 1 atom stereocenters. The molecular weight excluding hydrogens is 408 g/mol. The maximum Gasteiger partial charge on any atom is 0.333 e. The number of aromatic hydroxyl groups is 1. The molecular formula is C20H20N4O7. The van der Waals surface area contributed by atoms with Gasteiger partial charge in [0.2, 0.25) is 11.8 Å². The summed E-state index contributed by atoms with van der Waals surface area (Å²) in [5.74, 6) is -1.05. The van der Waals surface area contributed by atoms with E-state index in [0.717, 1.165) is 18.3 Å². The van der Waals surface area contributed by atoms with Gasteiger partial charge in [-0.15, -0.1) is 0 Å². The number of aromatic nitrogens is 4. The molecule has 11 nitrogen and oxygen atoms in total. The lowest BCUT2D eigenvalue weighted by molar-refractivity contribution is 0.377. The number of benzene rings is 1. The Morgan fingerprint density at radius 1 is 0.871 bits per heavy atom. The zero-order valence-electron chi connectivity index (χ0n) is 17.5. The van der Waals surface area contributed by atoms with Gasteiger partial charge in [0, 0.05) is 33.8 Å². The Morgan fingerprint density at radius 2 is 1.45 bits per heavy atom. The highest BCUT2D eigenvalue weighted by atomic mass is 16.5. The van der Waals surface area contributed by atoms with Crippen LogP contribution in [0.25, 0.3) is 0 Å². The molecule has 0 spiro atoms. The van der Waals surface area contributed by atoms with Crippen LogP contribution in [0, 0.1) is 0 Å². The van der Waals surface area contributed by atoms with Gasteiger partial charge in [0.25, 0.3) is 11.1 Å². The van der Waals surface area contributed by atoms with Crippen LogP contribution in [0.1, 0.15) is 22.6 Å². The van der Waals surface area contributed by atoms with Crippen LogP contribution in [-0.4, -0.2) is 30.5 Å². The molecule has 11 heteroatoms. The van der Waals surface area contributed by atoms with Crippen LogP contribution in [0.15, 0.2) is 37.4 Å². The molecule has 0 radical (unpaired) electrons. The summed E-state index contributed by atoms with van der Waals surface area (Å²) in [5, 5.41) is 10.8. The molecule has 4 rings (SSSR count). The molecule has 0 bridgehead atoms. The normalized spacial score (nSPS) is 14.5. The molecule has 1 aliphatic heterocycles. The molecule has 3 aromatic rings. The maximum absolute atomic E-state index is 13.2. The quantitative estimate of drug-likeness (QED) is 0.455. The van der Waals surface area contributed by atoms with E-state index >= 15 is 0 Å². The monoisotopic (exact) mass is 428 g/mol. The van der Waals surface area contributed by atoms with Crippen molar-refractivity contribution in [2.24, 2.45) is 28.2 Å². The number of fused-ring (bicyclic) bond motifs is 2. The summed E-state index contributed by atoms with van der Waals surface area (Å²) in [5.41, 5.74) is -2.64. The van der Waals surface area contributed by atoms with Crippen molar-refractivity contribution in [3.63, 3.8) is 0 Å². The number of hydrogen-bond acceptors (Lipinski definition) is 7. The zero-order valence-corrected chi connectivity index (χ0v) is 17.5. The van der Waals surface area contributed by atoms with E-state index in [9.17, 15) is 24.3 Å². The minimum Gasteiger partial charge on any atom is -0.497 e. The average Bonchev–Trinajstić information content (AvgIpc) is 2.77. The first-order valence-corrected chi connectivity index (χ1v) is 9.24. The molecule has 0 amide bonds. The molecule has 0 saturated carbocycles. The second kappa shape index (κ2) is 6.76. The summed E-state index contributed by atoms with van der Waals surface area (Å²) in [7, 11) is 6.79. The van der Waals surface area contributed by atoms with Crippen molar-refractivity contribution in [2.75, 3.05) is 7.11 Å². The topological polar surface area (TPSA) is 127 Å². The van der Waals surface area contributed by atoms with Gasteiger partial charge in [-0.3, -0.25) is 27.9 Å². The van der Waals surface area contributed by atoms with E-state index in [1.807, 2.05) is 0 Å². The van der Waals surface area contributed by atoms with E-state index < -0.39 is 34.3 Å². The molecule has 3 heterocycles. The van der Waals surface area contributed by atoms with Gasteiger partial charge in [-0.25, -0.2) is 9.59 Å². The van der Waals surface area contributed by atoms with Gasteiger partial charge < -0.3 is 14.6 Å². The van der Waals surface area contributed by atoms with Crippen molar-refractivity contribution in [1.29, 1.82) is 0 Å². The smallest absolute Gasteiger partial charge is 0.333 e. The zero-order chi connectivity index (χ0) is 22.8. The first-order valence-electron chi connectivity index (χ1n) is 9.24. The molecule has 2 aromatic heterocycles. The van der Waals surface area contributed by atoms with Crippen LogP contribution in [-0.2, 0) is 28.2 Å². The number of rotatable bonds is 2. The van der Waals surface area contributed by atoms with Gasteiger partial charge in [-0.2, -0.15) is 0 Å². The highest BCUT2D eigenvalue weighted by Crippen LogP contribution is 2.47. The first-order chi connectivity index (χ1) is 14.6. The number of ether oxygens (including phenoxy) is 2. The van der Waals surface area contributed by atoms with E-state index in [1.165, 1.54) is 35.3 Å². The Hall–Kier alpha value is -4.02. The Labute approximate surface area is 174 Å². The summed E-state index contributed by atoms with van der Waals surface area (Å²) in [4.78, 5) is 51.0. The van der Waals surface area contributed by atoms with Crippen LogP contribution in [0.5, 0.6) is 23.3 Å². The van der Waals surface area contributed by atoms with Crippen LogP contribution < -0.4 is 32.0 Å². The molecule has 31 heavy (non-hydrogen) atoms. The van der Waals surface area contributed by atoms with Crippen molar-refractivity contribution in [2.45, 2.75) is 5.92 Å². The summed E-state index contributed by atoms with van der Waals surface area (Å²) in [6, 6.07) is 4.78. The van der Waals surface area contributed by atoms with Gasteiger partial charge in [-0.1, -0.05) is 0 Å². The van der Waals surface area contributed by atoms with Crippen molar-refractivity contribution in [3.05, 3.63) is 76.6 Å². The standard InChI is InChI=1S/C20H20N4O7/c1-21-15(25)13(16(26)22(2)19(21)28)12-10-8-9(30-5)6-7-11(10)31-18-14(12)17(27)23(3)20(29)24(18)4/h6-8,12,25H,1-5H3/t12-/m1/s1. The van der Waals surface area contributed by atoms with Crippen LogP contribution in [0.2, 0.25) is 0 Å². The van der Waals surface area contributed by atoms with E-state index in [1.54, 1.807) is 18.2 Å². The molecule has 0 saturated heterocycles. The number of nitrogens with zero attached hydrogens (tertiary/aromatic N) is 4. The third kappa shape index (κ3) is 2.66. The van der Waals surface area contributed by atoms with Crippen LogP contribution >= 0.6 is 0 Å². The lowest BCUT2D eigenvalue weighted by Gasteiger charge is -2.29. The highest BCUT2D eigenvalue weighted by molar-refractivity contribution is 5.58. The van der Waals surface area contributed by atoms with E-state index in [-0.39, 0.29) is 22.8 Å². The second-order valence-corrected chi connectivity index (χ2v) is 7.31. The summed E-state index contributed by atoms with van der Waals surface area (Å²) in [6.07, 6.45) is 0. The van der Waals surface area contributed by atoms with Crippen LogP contribution in [0.4, 0.5) is 0 Å². The van der Waals surface area contributed by atoms with Crippen molar-refractivity contribution >= 4 is 0 Å². The Bertz CT molecular complexity index is 1460. The number of hydrogen-bond donors (Lipinski definition) is 1. The van der Waals surface area contributed by atoms with Gasteiger partial charge in [-0.05, 0) is 18.2 Å². The lowest BCUT2D eigenvalue weighted by Crippen LogP contribution is -2.44. The fourth-order valence-electron chi connectivity index (χ4n) is 3.87. The minimum absolute atomic E-state index is 0.0172. The van der Waals surface area contributed by atoms with E-state index in [2.05, 4.69) is 0 Å². The summed E-state index contributed by atoms with van der Waals surface area (Å²) < 4.78 is 15.0. The number of methoxy groups -OCH3 is 1. The van der Waals surface area contributed by atoms with Gasteiger partial charge >= 0.3 is 11.4 Å². The third-order valence-corrected chi connectivity index (χ3v) is 5.62. The SMILES string of the molecule is COc1ccc2c(c1)[C@H](c1c(O)n(C)c(=O)n(C)c1=O)c1c(n(C)c(=O)n(C)c1=O)O2. The lowest BCUT2D eigenvalue weighted by atomic mass is 9.84. The Morgan fingerprint density at radius 3 is 2.06 bits per heavy atom. The molecule has 0 unspecified atom stereocenters. The highest BCUT2D eigenvalue weighted by Gasteiger charge is 2.38. The fraction of sp³-hybridized carbons (Fsp3) is 0.300. The predicted molar refractivity (Wildman–Crippen MR) is 110 cm³/mol. The third-order valence-electron chi connectivity index (χ3n) is 5.62. The molecule has 1 N–H and O–H groups in total. The van der Waals surface area contributed by atoms with Crippen molar-refractivity contribution in [3.8, 4) is 23.3 Å². The predicted octanol–water partition coefficient (Wildman–Crippen LogP) is -0.518. The summed E-state index contributed by atoms with van der Waals surface area (Å²) in [6.45, 7) is 0. The average molecular weight is 428 g/mol.